The third-order valence-electron chi connectivity index (χ3n) is 2.14. The molecule has 1 unspecified atom stereocenters. The van der Waals surface area contributed by atoms with Gasteiger partial charge in [-0.1, -0.05) is 11.6 Å². The standard InChI is InChI=1S/C11H14ClNO3/c1-7(4-5-14)13-11(16)9-6-8(12)2-3-10(9)15/h2-3,6-7,14-15H,4-5H2,1H3,(H,13,16). The third-order valence-corrected chi connectivity index (χ3v) is 2.38. The van der Waals surface area contributed by atoms with Gasteiger partial charge in [0.05, 0.1) is 5.56 Å². The minimum absolute atomic E-state index is 0.00295. The molecule has 5 heteroatoms. The fourth-order valence-corrected chi connectivity index (χ4v) is 1.43. The largest absolute Gasteiger partial charge is 0.507 e. The summed E-state index contributed by atoms with van der Waals surface area (Å²) >= 11 is 5.73. The van der Waals surface area contributed by atoms with Crippen molar-refractivity contribution in [3.8, 4) is 5.75 Å². The molecule has 3 N–H and O–H groups in total. The van der Waals surface area contributed by atoms with Crippen molar-refractivity contribution in [1.82, 2.24) is 5.32 Å². The number of amides is 1. The van der Waals surface area contributed by atoms with E-state index in [0.717, 1.165) is 0 Å². The van der Waals surface area contributed by atoms with Crippen LogP contribution in [-0.4, -0.2) is 28.8 Å². The van der Waals surface area contributed by atoms with Gasteiger partial charge < -0.3 is 15.5 Å². The third kappa shape index (κ3) is 3.40. The topological polar surface area (TPSA) is 69.6 Å². The fourth-order valence-electron chi connectivity index (χ4n) is 1.26. The number of carbonyl (C=O) groups is 1. The van der Waals surface area contributed by atoms with Gasteiger partial charge in [0, 0.05) is 17.7 Å². The Morgan fingerprint density at radius 2 is 2.25 bits per heavy atom. The number of carbonyl (C=O) groups excluding carboxylic acids is 1. The van der Waals surface area contributed by atoms with Gasteiger partial charge in [-0.25, -0.2) is 0 Å². The van der Waals surface area contributed by atoms with Gasteiger partial charge in [0.2, 0.25) is 0 Å². The average molecular weight is 244 g/mol. The van der Waals surface area contributed by atoms with Crippen LogP contribution in [0.25, 0.3) is 0 Å². The SMILES string of the molecule is CC(CCO)NC(=O)c1cc(Cl)ccc1O. The van der Waals surface area contributed by atoms with Crippen LogP contribution in [0, 0.1) is 0 Å². The molecule has 0 bridgehead atoms. The Morgan fingerprint density at radius 3 is 2.88 bits per heavy atom. The Morgan fingerprint density at radius 1 is 1.56 bits per heavy atom. The van der Waals surface area contributed by atoms with Gasteiger partial charge in [-0.3, -0.25) is 4.79 Å². The number of benzene rings is 1. The van der Waals surface area contributed by atoms with Crippen molar-refractivity contribution in [1.29, 1.82) is 0 Å². The second-order valence-corrected chi connectivity index (χ2v) is 3.98. The number of hydrogen-bond acceptors (Lipinski definition) is 3. The summed E-state index contributed by atoms with van der Waals surface area (Å²) in [6.07, 6.45) is 0.465. The summed E-state index contributed by atoms with van der Waals surface area (Å²) in [5.74, 6) is -0.515. The average Bonchev–Trinajstić information content (AvgIpc) is 2.21. The monoisotopic (exact) mass is 243 g/mol. The Bertz CT molecular complexity index is 381. The first kappa shape index (κ1) is 12.8. The number of aliphatic hydroxyl groups is 1. The van der Waals surface area contributed by atoms with Crippen LogP contribution in [0.1, 0.15) is 23.7 Å². The zero-order valence-electron chi connectivity index (χ0n) is 8.90. The molecule has 1 aromatic rings. The van der Waals surface area contributed by atoms with E-state index in [-0.39, 0.29) is 24.0 Å². The van der Waals surface area contributed by atoms with Crippen molar-refractivity contribution in [2.75, 3.05) is 6.61 Å². The second-order valence-electron chi connectivity index (χ2n) is 3.55. The maximum absolute atomic E-state index is 11.7. The number of phenols is 1. The van der Waals surface area contributed by atoms with Crippen molar-refractivity contribution in [2.24, 2.45) is 0 Å². The summed E-state index contributed by atoms with van der Waals surface area (Å²) in [5, 5.41) is 21.2. The van der Waals surface area contributed by atoms with Crippen LogP contribution >= 0.6 is 11.6 Å². The van der Waals surface area contributed by atoms with Crippen LogP contribution in [0.2, 0.25) is 5.02 Å². The van der Waals surface area contributed by atoms with E-state index in [0.29, 0.717) is 11.4 Å². The molecule has 1 atom stereocenters. The van der Waals surface area contributed by atoms with Crippen LogP contribution in [0.3, 0.4) is 0 Å². The molecule has 1 aromatic carbocycles. The van der Waals surface area contributed by atoms with Crippen LogP contribution in [0.15, 0.2) is 18.2 Å². The summed E-state index contributed by atoms with van der Waals surface area (Å²) < 4.78 is 0. The van der Waals surface area contributed by atoms with E-state index in [2.05, 4.69) is 5.32 Å². The molecule has 88 valence electrons. The molecule has 1 amide bonds. The van der Waals surface area contributed by atoms with Gasteiger partial charge in [-0.15, -0.1) is 0 Å². The predicted octanol–water partition coefficient (Wildman–Crippen LogP) is 1.55. The quantitative estimate of drug-likeness (QED) is 0.752. The summed E-state index contributed by atoms with van der Waals surface area (Å²) in [6.45, 7) is 1.78. The zero-order chi connectivity index (χ0) is 12.1. The van der Waals surface area contributed by atoms with E-state index in [1.807, 2.05) is 0 Å². The van der Waals surface area contributed by atoms with Crippen molar-refractivity contribution >= 4 is 17.5 Å². The maximum atomic E-state index is 11.7. The van der Waals surface area contributed by atoms with Crippen molar-refractivity contribution in [3.63, 3.8) is 0 Å². The van der Waals surface area contributed by atoms with Gasteiger partial charge in [-0.2, -0.15) is 0 Å². The highest BCUT2D eigenvalue weighted by Gasteiger charge is 2.13. The van der Waals surface area contributed by atoms with Gasteiger partial charge in [-0.05, 0) is 31.5 Å². The molecule has 0 aliphatic carbocycles. The molecular weight excluding hydrogens is 230 g/mol. The fraction of sp³-hybridized carbons (Fsp3) is 0.364. The number of aliphatic hydroxyl groups excluding tert-OH is 1. The Kier molecular flexibility index (Phi) is 4.58. The zero-order valence-corrected chi connectivity index (χ0v) is 9.66. The summed E-state index contributed by atoms with van der Waals surface area (Å²) in [5.41, 5.74) is 0.136. The van der Waals surface area contributed by atoms with E-state index in [9.17, 15) is 9.90 Å². The molecule has 0 saturated carbocycles. The number of halogens is 1. The molecule has 0 saturated heterocycles. The number of rotatable bonds is 4. The molecule has 0 heterocycles. The number of phenolic OH excluding ortho intramolecular Hbond substituents is 1. The Labute approximate surface area is 98.9 Å². The van der Waals surface area contributed by atoms with Gasteiger partial charge >= 0.3 is 0 Å². The molecule has 0 radical (unpaired) electrons. The van der Waals surface area contributed by atoms with E-state index in [1.54, 1.807) is 6.92 Å². The molecular formula is C11H14ClNO3. The van der Waals surface area contributed by atoms with Crippen LogP contribution in [0.4, 0.5) is 0 Å². The normalized spacial score (nSPS) is 12.2. The Hall–Kier alpha value is -1.26. The summed E-state index contributed by atoms with van der Waals surface area (Å²) in [7, 11) is 0. The first-order valence-corrected chi connectivity index (χ1v) is 5.32. The predicted molar refractivity (Wildman–Crippen MR) is 61.7 cm³/mol. The molecule has 4 nitrogen and oxygen atoms in total. The number of nitrogens with one attached hydrogen (secondary N) is 1. The van der Waals surface area contributed by atoms with Crippen molar-refractivity contribution < 1.29 is 15.0 Å². The maximum Gasteiger partial charge on any atom is 0.255 e. The smallest absolute Gasteiger partial charge is 0.255 e. The Balaban J connectivity index is 2.76. The van der Waals surface area contributed by atoms with E-state index in [4.69, 9.17) is 16.7 Å². The lowest BCUT2D eigenvalue weighted by atomic mass is 10.1. The van der Waals surface area contributed by atoms with Crippen LogP contribution < -0.4 is 5.32 Å². The van der Waals surface area contributed by atoms with Gasteiger partial charge in [0.1, 0.15) is 5.75 Å². The number of aromatic hydroxyl groups is 1. The summed E-state index contributed by atoms with van der Waals surface area (Å²) in [6, 6.07) is 4.12. The van der Waals surface area contributed by atoms with E-state index in [1.165, 1.54) is 18.2 Å². The van der Waals surface area contributed by atoms with Gasteiger partial charge in [0.25, 0.3) is 5.91 Å². The van der Waals surface area contributed by atoms with Crippen molar-refractivity contribution in [3.05, 3.63) is 28.8 Å². The number of hydrogen-bond donors (Lipinski definition) is 3. The summed E-state index contributed by atoms with van der Waals surface area (Å²) in [4.78, 5) is 11.7. The molecule has 16 heavy (non-hydrogen) atoms. The molecule has 0 aliphatic rings. The van der Waals surface area contributed by atoms with Crippen LogP contribution in [-0.2, 0) is 0 Å². The van der Waals surface area contributed by atoms with Gasteiger partial charge in [0.15, 0.2) is 0 Å². The highest BCUT2D eigenvalue weighted by molar-refractivity contribution is 6.31. The van der Waals surface area contributed by atoms with Crippen LogP contribution in [0.5, 0.6) is 5.75 Å². The minimum atomic E-state index is -0.402. The lowest BCUT2D eigenvalue weighted by Gasteiger charge is -2.13. The second kappa shape index (κ2) is 5.72. The highest BCUT2D eigenvalue weighted by atomic mass is 35.5. The molecule has 0 aliphatic heterocycles. The molecule has 0 aromatic heterocycles. The first-order valence-electron chi connectivity index (χ1n) is 4.95. The minimum Gasteiger partial charge on any atom is -0.507 e. The van der Waals surface area contributed by atoms with E-state index < -0.39 is 5.91 Å². The van der Waals surface area contributed by atoms with Crippen molar-refractivity contribution in [2.45, 2.75) is 19.4 Å². The first-order chi connectivity index (χ1) is 7.54. The molecule has 0 spiro atoms. The molecule has 0 fully saturated rings. The molecule has 1 rings (SSSR count). The highest BCUT2D eigenvalue weighted by Crippen LogP contribution is 2.21. The lowest BCUT2D eigenvalue weighted by molar-refractivity contribution is 0.0932. The van der Waals surface area contributed by atoms with E-state index >= 15 is 0 Å². The lowest BCUT2D eigenvalue weighted by Crippen LogP contribution is -2.33.